The lowest BCUT2D eigenvalue weighted by molar-refractivity contribution is 0.0708. The molecule has 0 bridgehead atoms. The van der Waals surface area contributed by atoms with Gasteiger partial charge in [0.1, 0.15) is 17.1 Å². The van der Waals surface area contributed by atoms with E-state index in [1.165, 1.54) is 29.4 Å². The Hall–Kier alpha value is -2.13. The Morgan fingerprint density at radius 3 is 3.04 bits per heavy atom. The Labute approximate surface area is 141 Å². The third-order valence-electron chi connectivity index (χ3n) is 3.33. The van der Waals surface area contributed by atoms with Crippen molar-refractivity contribution < 1.29 is 9.21 Å². The maximum atomic E-state index is 12.5. The van der Waals surface area contributed by atoms with Crippen LogP contribution >= 0.6 is 23.1 Å². The SMILES string of the molecule is C[C@@H](c1nccs1)N(C)C(=O)c1ccc(CSc2ncn[nH]2)o1. The first-order valence-corrected chi connectivity index (χ1v) is 8.75. The minimum atomic E-state index is -0.163. The van der Waals surface area contributed by atoms with Crippen molar-refractivity contribution in [3.05, 3.63) is 46.6 Å². The molecule has 0 aromatic carbocycles. The molecule has 7 nitrogen and oxygen atoms in total. The van der Waals surface area contributed by atoms with Crippen molar-refractivity contribution in [2.24, 2.45) is 0 Å². The molecule has 1 atom stereocenters. The van der Waals surface area contributed by atoms with Gasteiger partial charge in [0, 0.05) is 18.6 Å². The minimum absolute atomic E-state index is 0.0976. The third kappa shape index (κ3) is 3.62. The van der Waals surface area contributed by atoms with Gasteiger partial charge in [-0.15, -0.1) is 11.3 Å². The van der Waals surface area contributed by atoms with Gasteiger partial charge in [0.15, 0.2) is 10.9 Å². The lowest BCUT2D eigenvalue weighted by Crippen LogP contribution is -2.29. The van der Waals surface area contributed by atoms with Gasteiger partial charge in [0.2, 0.25) is 0 Å². The van der Waals surface area contributed by atoms with Crippen molar-refractivity contribution in [1.82, 2.24) is 25.1 Å². The van der Waals surface area contributed by atoms with E-state index in [9.17, 15) is 4.79 Å². The molecular weight excluding hydrogens is 334 g/mol. The highest BCUT2D eigenvalue weighted by molar-refractivity contribution is 7.98. The standard InChI is InChI=1S/C14H15N5O2S2/c1-9(12-15-5-6-22-12)19(2)13(20)11-4-3-10(21-11)7-23-14-16-8-17-18-14/h3-6,8-9H,7H2,1-2H3,(H,16,17,18)/t9-/m0/s1. The van der Waals surface area contributed by atoms with E-state index in [0.717, 1.165) is 5.01 Å². The molecule has 3 heterocycles. The van der Waals surface area contributed by atoms with Crippen molar-refractivity contribution in [3.63, 3.8) is 0 Å². The van der Waals surface area contributed by atoms with Crippen LogP contribution in [0.15, 0.2) is 39.6 Å². The van der Waals surface area contributed by atoms with Crippen molar-refractivity contribution in [3.8, 4) is 0 Å². The Morgan fingerprint density at radius 2 is 2.35 bits per heavy atom. The summed E-state index contributed by atoms with van der Waals surface area (Å²) in [5.74, 6) is 1.45. The van der Waals surface area contributed by atoms with Crippen molar-refractivity contribution in [2.45, 2.75) is 23.9 Å². The fourth-order valence-electron chi connectivity index (χ4n) is 1.93. The highest BCUT2D eigenvalue weighted by Gasteiger charge is 2.23. The van der Waals surface area contributed by atoms with Crippen LogP contribution in [0.5, 0.6) is 0 Å². The molecule has 0 aliphatic heterocycles. The van der Waals surface area contributed by atoms with E-state index in [2.05, 4.69) is 20.2 Å². The van der Waals surface area contributed by atoms with Gasteiger partial charge in [-0.25, -0.2) is 9.97 Å². The normalized spacial score (nSPS) is 12.3. The molecule has 1 amide bonds. The predicted octanol–water partition coefficient (Wildman–Crippen LogP) is 2.98. The van der Waals surface area contributed by atoms with Gasteiger partial charge in [-0.2, -0.15) is 5.10 Å². The fraction of sp³-hybridized carbons (Fsp3) is 0.286. The molecule has 0 aliphatic carbocycles. The summed E-state index contributed by atoms with van der Waals surface area (Å²) >= 11 is 2.99. The van der Waals surface area contributed by atoms with Crippen LogP contribution in [0.3, 0.4) is 0 Å². The number of hydrogen-bond donors (Lipinski definition) is 1. The number of amides is 1. The summed E-state index contributed by atoms with van der Waals surface area (Å²) in [6.07, 6.45) is 3.19. The number of aromatic amines is 1. The molecule has 0 radical (unpaired) electrons. The van der Waals surface area contributed by atoms with Gasteiger partial charge in [0.05, 0.1) is 11.8 Å². The van der Waals surface area contributed by atoms with Gasteiger partial charge >= 0.3 is 0 Å². The highest BCUT2D eigenvalue weighted by atomic mass is 32.2. The van der Waals surface area contributed by atoms with Crippen LogP contribution in [0.2, 0.25) is 0 Å². The Balaban J connectivity index is 1.63. The van der Waals surface area contributed by atoms with Crippen LogP contribution in [0, 0.1) is 0 Å². The molecule has 0 unspecified atom stereocenters. The van der Waals surface area contributed by atoms with Crippen LogP contribution in [-0.4, -0.2) is 38.0 Å². The summed E-state index contributed by atoms with van der Waals surface area (Å²) in [4.78, 5) is 22.4. The summed E-state index contributed by atoms with van der Waals surface area (Å²) in [5, 5.41) is 10.1. The summed E-state index contributed by atoms with van der Waals surface area (Å²) in [5.41, 5.74) is 0. The number of thiazole rings is 1. The van der Waals surface area contributed by atoms with E-state index >= 15 is 0 Å². The molecule has 3 aromatic rings. The second kappa shape index (κ2) is 6.97. The molecular formula is C14H15N5O2S2. The Kier molecular flexibility index (Phi) is 4.77. The maximum absolute atomic E-state index is 12.5. The number of H-pyrrole nitrogens is 1. The second-order valence-corrected chi connectivity index (χ2v) is 6.70. The zero-order chi connectivity index (χ0) is 16.2. The fourth-order valence-corrected chi connectivity index (χ4v) is 3.34. The van der Waals surface area contributed by atoms with Crippen LogP contribution in [0.1, 0.15) is 34.3 Å². The monoisotopic (exact) mass is 349 g/mol. The first-order chi connectivity index (χ1) is 11.1. The molecule has 9 heteroatoms. The molecule has 0 fully saturated rings. The van der Waals surface area contributed by atoms with E-state index < -0.39 is 0 Å². The average molecular weight is 349 g/mol. The molecule has 3 rings (SSSR count). The van der Waals surface area contributed by atoms with Gasteiger partial charge in [-0.3, -0.25) is 9.89 Å². The van der Waals surface area contributed by atoms with E-state index in [1.807, 2.05) is 12.3 Å². The lowest BCUT2D eigenvalue weighted by Gasteiger charge is -2.22. The number of nitrogens with zero attached hydrogens (tertiary/aromatic N) is 4. The average Bonchev–Trinajstić information content (AvgIpc) is 3.33. The van der Waals surface area contributed by atoms with E-state index in [-0.39, 0.29) is 11.9 Å². The molecule has 0 saturated carbocycles. The first kappa shape index (κ1) is 15.8. The quantitative estimate of drug-likeness (QED) is 0.688. The molecule has 0 saturated heterocycles. The lowest BCUT2D eigenvalue weighted by atomic mass is 10.3. The van der Waals surface area contributed by atoms with Crippen LogP contribution in [0.4, 0.5) is 0 Å². The van der Waals surface area contributed by atoms with E-state index in [4.69, 9.17) is 4.42 Å². The van der Waals surface area contributed by atoms with Gasteiger partial charge in [-0.1, -0.05) is 11.8 Å². The number of carbonyl (C=O) groups excluding carboxylic acids is 1. The zero-order valence-electron chi connectivity index (χ0n) is 12.6. The van der Waals surface area contributed by atoms with Crippen molar-refractivity contribution in [2.75, 3.05) is 7.05 Å². The topological polar surface area (TPSA) is 87.9 Å². The first-order valence-electron chi connectivity index (χ1n) is 6.88. The summed E-state index contributed by atoms with van der Waals surface area (Å²) in [6, 6.07) is 3.40. The number of aromatic nitrogens is 4. The van der Waals surface area contributed by atoms with Crippen molar-refractivity contribution in [1.29, 1.82) is 0 Å². The number of thioether (sulfide) groups is 1. The van der Waals surface area contributed by atoms with E-state index in [1.54, 1.807) is 30.3 Å². The highest BCUT2D eigenvalue weighted by Crippen LogP contribution is 2.24. The Morgan fingerprint density at radius 1 is 1.48 bits per heavy atom. The summed E-state index contributed by atoms with van der Waals surface area (Å²) in [7, 11) is 1.75. The molecule has 3 aromatic heterocycles. The largest absolute Gasteiger partial charge is 0.455 e. The summed E-state index contributed by atoms with van der Waals surface area (Å²) < 4.78 is 5.64. The van der Waals surface area contributed by atoms with Gasteiger partial charge < -0.3 is 9.32 Å². The molecule has 120 valence electrons. The van der Waals surface area contributed by atoms with Crippen LogP contribution in [0.25, 0.3) is 0 Å². The van der Waals surface area contributed by atoms with Gasteiger partial charge in [0.25, 0.3) is 5.91 Å². The molecule has 0 aliphatic rings. The van der Waals surface area contributed by atoms with Crippen LogP contribution in [-0.2, 0) is 5.75 Å². The minimum Gasteiger partial charge on any atom is -0.455 e. The van der Waals surface area contributed by atoms with Crippen LogP contribution < -0.4 is 0 Å². The zero-order valence-corrected chi connectivity index (χ0v) is 14.2. The number of carbonyl (C=O) groups is 1. The summed E-state index contributed by atoms with van der Waals surface area (Å²) in [6.45, 7) is 1.94. The number of nitrogens with one attached hydrogen (secondary N) is 1. The second-order valence-electron chi connectivity index (χ2n) is 4.81. The third-order valence-corrected chi connectivity index (χ3v) is 5.17. The molecule has 1 N–H and O–H groups in total. The van der Waals surface area contributed by atoms with Crippen molar-refractivity contribution >= 4 is 29.0 Å². The predicted molar refractivity (Wildman–Crippen MR) is 87.3 cm³/mol. The van der Waals surface area contributed by atoms with Gasteiger partial charge in [-0.05, 0) is 19.1 Å². The smallest absolute Gasteiger partial charge is 0.289 e. The number of furan rings is 1. The maximum Gasteiger partial charge on any atom is 0.289 e. The van der Waals surface area contributed by atoms with E-state index in [0.29, 0.717) is 22.4 Å². The molecule has 23 heavy (non-hydrogen) atoms. The number of rotatable bonds is 6. The molecule has 0 spiro atoms. The number of hydrogen-bond acceptors (Lipinski definition) is 7. The Bertz CT molecular complexity index is 754.